The highest BCUT2D eigenvalue weighted by Crippen LogP contribution is 2.42. The third kappa shape index (κ3) is 8.88. The van der Waals surface area contributed by atoms with E-state index in [2.05, 4.69) is 26.9 Å². The lowest BCUT2D eigenvalue weighted by Gasteiger charge is -2.43. The van der Waals surface area contributed by atoms with E-state index in [1.165, 1.54) is 9.58 Å². The number of nitrogen functional groups attached to an aromatic ring is 1. The molecule has 0 aliphatic carbocycles. The van der Waals surface area contributed by atoms with Crippen LogP contribution in [0.25, 0.3) is 11.4 Å². The van der Waals surface area contributed by atoms with Gasteiger partial charge in [-0.3, -0.25) is 19.5 Å². The highest BCUT2D eigenvalue weighted by atomic mass is 19.4. The van der Waals surface area contributed by atoms with Gasteiger partial charge in [0.25, 0.3) is 0 Å². The van der Waals surface area contributed by atoms with Crippen LogP contribution in [0.5, 0.6) is 0 Å². The number of aromatic amines is 1. The number of amides is 2. The minimum atomic E-state index is -5.18. The molecule has 3 saturated heterocycles. The summed E-state index contributed by atoms with van der Waals surface area (Å²) in [5, 5.41) is 4.46. The van der Waals surface area contributed by atoms with E-state index < -0.39 is 65.4 Å². The first-order valence-electron chi connectivity index (χ1n) is 17.9. The standard InChI is InChI=1S/C36H44F6N8O3/c1-46-11-7-26(8-12-46)47-15-17-49(18-16-47)33(52)25(19-23-20-28(35(37,38)39)31(43)29(21-23)36(40,41)42)22-30(51)48-13-9-27(10-14-48)50-34(53)44-32(45-50)24-5-3-2-4-6-24/h2-6,20-21,25-27H,7-19,22,43H2,1H3,(H,44,45,53)/t25-/m0/s1. The monoisotopic (exact) mass is 750 g/mol. The molecule has 53 heavy (non-hydrogen) atoms. The molecule has 0 bridgehead atoms. The van der Waals surface area contributed by atoms with Crippen LogP contribution in [0.2, 0.25) is 0 Å². The molecule has 0 unspecified atom stereocenters. The largest absolute Gasteiger partial charge is 0.418 e. The molecule has 17 heteroatoms. The van der Waals surface area contributed by atoms with Crippen LogP contribution in [0.1, 0.15) is 54.8 Å². The molecule has 1 atom stereocenters. The van der Waals surface area contributed by atoms with E-state index in [4.69, 9.17) is 5.73 Å². The van der Waals surface area contributed by atoms with Crippen molar-refractivity contribution < 1.29 is 35.9 Å². The molecule has 288 valence electrons. The molecule has 0 spiro atoms. The number of H-pyrrole nitrogens is 1. The van der Waals surface area contributed by atoms with E-state index in [-0.39, 0.29) is 24.7 Å². The zero-order valence-corrected chi connectivity index (χ0v) is 29.4. The van der Waals surface area contributed by atoms with Crippen molar-refractivity contribution >= 4 is 17.5 Å². The van der Waals surface area contributed by atoms with Gasteiger partial charge >= 0.3 is 18.0 Å². The van der Waals surface area contributed by atoms with Gasteiger partial charge in [0.15, 0.2) is 5.82 Å². The third-order valence-corrected chi connectivity index (χ3v) is 10.8. The lowest BCUT2D eigenvalue weighted by Crippen LogP contribution is -2.55. The second-order valence-corrected chi connectivity index (χ2v) is 14.3. The Labute approximate surface area is 302 Å². The van der Waals surface area contributed by atoms with Crippen LogP contribution in [0.15, 0.2) is 47.3 Å². The fourth-order valence-electron chi connectivity index (χ4n) is 7.77. The van der Waals surface area contributed by atoms with Gasteiger partial charge in [0, 0.05) is 57.3 Å². The number of piperidine rings is 2. The Morgan fingerprint density at radius 1 is 0.830 bits per heavy atom. The van der Waals surface area contributed by atoms with Gasteiger partial charge in [-0.05, 0) is 69.9 Å². The fourth-order valence-corrected chi connectivity index (χ4v) is 7.77. The fraction of sp³-hybridized carbons (Fsp3) is 0.556. The minimum Gasteiger partial charge on any atom is -0.398 e. The van der Waals surface area contributed by atoms with Crippen molar-refractivity contribution in [3.05, 3.63) is 69.6 Å². The number of likely N-dealkylation sites (tertiary alicyclic amines) is 2. The average Bonchev–Trinajstić information content (AvgIpc) is 3.53. The summed E-state index contributed by atoms with van der Waals surface area (Å²) in [6.45, 7) is 4.16. The quantitative estimate of drug-likeness (QED) is 0.257. The lowest BCUT2D eigenvalue weighted by atomic mass is 9.90. The summed E-state index contributed by atoms with van der Waals surface area (Å²) >= 11 is 0. The van der Waals surface area contributed by atoms with Crippen LogP contribution in [0.3, 0.4) is 0 Å². The van der Waals surface area contributed by atoms with Crippen molar-refractivity contribution in [2.24, 2.45) is 5.92 Å². The smallest absolute Gasteiger partial charge is 0.398 e. The topological polar surface area (TPSA) is 124 Å². The first-order chi connectivity index (χ1) is 25.1. The molecule has 3 aliphatic rings. The molecule has 6 rings (SSSR count). The van der Waals surface area contributed by atoms with Gasteiger partial charge in [0.05, 0.1) is 28.8 Å². The summed E-state index contributed by atoms with van der Waals surface area (Å²) in [6, 6.07) is 10.3. The van der Waals surface area contributed by atoms with E-state index in [0.29, 0.717) is 63.0 Å². The molecular formula is C36H44F6N8O3. The Morgan fingerprint density at radius 2 is 1.40 bits per heavy atom. The van der Waals surface area contributed by atoms with Gasteiger partial charge in [-0.2, -0.15) is 26.3 Å². The molecule has 2 aromatic carbocycles. The Morgan fingerprint density at radius 3 is 1.96 bits per heavy atom. The van der Waals surface area contributed by atoms with Gasteiger partial charge in [-0.15, -0.1) is 5.10 Å². The van der Waals surface area contributed by atoms with Crippen molar-refractivity contribution in [3.63, 3.8) is 0 Å². The molecule has 1 aromatic heterocycles. The van der Waals surface area contributed by atoms with Crippen LogP contribution in [-0.4, -0.2) is 112 Å². The van der Waals surface area contributed by atoms with Gasteiger partial charge < -0.3 is 20.4 Å². The Hall–Kier alpha value is -4.38. The van der Waals surface area contributed by atoms with E-state index in [1.54, 1.807) is 4.90 Å². The number of carbonyl (C=O) groups is 2. The number of anilines is 1. The lowest BCUT2D eigenvalue weighted by molar-refractivity contribution is -0.143. The summed E-state index contributed by atoms with van der Waals surface area (Å²) in [6.07, 6.45) is -8.55. The molecular weight excluding hydrogens is 706 g/mol. The third-order valence-electron chi connectivity index (χ3n) is 10.8. The molecule has 3 N–H and O–H groups in total. The minimum absolute atomic E-state index is 0.220. The Bertz CT molecular complexity index is 1770. The molecule has 2 amide bonds. The number of nitrogens with one attached hydrogen (secondary N) is 1. The highest BCUT2D eigenvalue weighted by molar-refractivity contribution is 5.86. The van der Waals surface area contributed by atoms with E-state index in [9.17, 15) is 40.7 Å². The zero-order chi connectivity index (χ0) is 38.1. The van der Waals surface area contributed by atoms with Crippen LogP contribution in [0, 0.1) is 5.92 Å². The summed E-state index contributed by atoms with van der Waals surface area (Å²) in [4.78, 5) is 51.0. The number of rotatable bonds is 8. The van der Waals surface area contributed by atoms with Crippen LogP contribution in [0.4, 0.5) is 32.0 Å². The van der Waals surface area contributed by atoms with Crippen LogP contribution < -0.4 is 11.4 Å². The number of benzene rings is 2. The molecule has 3 fully saturated rings. The average molecular weight is 751 g/mol. The summed E-state index contributed by atoms with van der Waals surface area (Å²) < 4.78 is 84.7. The maximum Gasteiger partial charge on any atom is 0.418 e. The maximum absolute atomic E-state index is 14.1. The zero-order valence-electron chi connectivity index (χ0n) is 29.4. The van der Waals surface area contributed by atoms with Crippen molar-refractivity contribution in [1.29, 1.82) is 0 Å². The normalized spacial score (nSPS) is 19.5. The summed E-state index contributed by atoms with van der Waals surface area (Å²) in [5.74, 6) is -1.75. The molecule has 3 aromatic rings. The second kappa shape index (κ2) is 15.5. The first-order valence-corrected chi connectivity index (χ1v) is 17.9. The maximum atomic E-state index is 14.1. The number of hydrogen-bond donors (Lipinski definition) is 2. The number of aromatic nitrogens is 3. The molecule has 0 radical (unpaired) electrons. The van der Waals surface area contributed by atoms with Crippen molar-refractivity contribution in [3.8, 4) is 11.4 Å². The van der Waals surface area contributed by atoms with Crippen LogP contribution >= 0.6 is 0 Å². The number of piperazine rings is 1. The van der Waals surface area contributed by atoms with Gasteiger partial charge in [0.1, 0.15) is 0 Å². The number of nitrogens with zero attached hydrogens (tertiary/aromatic N) is 6. The Balaban J connectivity index is 1.18. The number of carbonyl (C=O) groups excluding carboxylic acids is 2. The number of alkyl halides is 6. The predicted octanol–water partition coefficient (Wildman–Crippen LogP) is 4.51. The molecule has 0 saturated carbocycles. The summed E-state index contributed by atoms with van der Waals surface area (Å²) in [5.41, 5.74) is 0.611. The van der Waals surface area contributed by atoms with Crippen LogP contribution in [-0.2, 0) is 28.4 Å². The predicted molar refractivity (Wildman–Crippen MR) is 184 cm³/mol. The molecule has 4 heterocycles. The first kappa shape index (κ1) is 38.3. The highest BCUT2D eigenvalue weighted by Gasteiger charge is 2.42. The second-order valence-electron chi connectivity index (χ2n) is 14.3. The van der Waals surface area contributed by atoms with E-state index in [0.717, 1.165) is 31.5 Å². The number of hydrogen-bond acceptors (Lipinski definition) is 7. The summed E-state index contributed by atoms with van der Waals surface area (Å²) in [7, 11) is 2.06. The van der Waals surface area contributed by atoms with Crippen molar-refractivity contribution in [2.75, 3.05) is 65.1 Å². The van der Waals surface area contributed by atoms with Crippen molar-refractivity contribution in [2.45, 2.75) is 63.0 Å². The van der Waals surface area contributed by atoms with Gasteiger partial charge in [-0.1, -0.05) is 30.3 Å². The number of halogens is 6. The van der Waals surface area contributed by atoms with Gasteiger partial charge in [-0.25, -0.2) is 9.48 Å². The number of nitrogens with two attached hydrogens (primary N) is 1. The van der Waals surface area contributed by atoms with Gasteiger partial charge in [0.2, 0.25) is 11.8 Å². The SMILES string of the molecule is CN1CCC(N2CCN(C(=O)[C@H](CC(=O)N3CCC(n4nc(-c5ccccc5)[nH]c4=O)CC3)Cc3cc(C(F)(F)F)c(N)c(C(F)(F)F)c3)CC2)CC1. The Kier molecular flexibility index (Phi) is 11.2. The molecule has 3 aliphatic heterocycles. The van der Waals surface area contributed by atoms with E-state index in [1.807, 2.05) is 30.3 Å². The molecule has 11 nitrogen and oxygen atoms in total. The van der Waals surface area contributed by atoms with Crippen molar-refractivity contribution in [1.82, 2.24) is 34.4 Å². The van der Waals surface area contributed by atoms with E-state index >= 15 is 0 Å².